The van der Waals surface area contributed by atoms with Crippen LogP contribution < -0.4 is 14.2 Å². The zero-order chi connectivity index (χ0) is 19.4. The normalized spacial score (nSPS) is 12.7. The van der Waals surface area contributed by atoms with E-state index < -0.39 is 5.97 Å². The average molecular weight is 369 g/mol. The monoisotopic (exact) mass is 369 g/mol. The Morgan fingerprint density at radius 2 is 1.41 bits per heavy atom. The molecule has 0 unspecified atom stereocenters. The first-order valence-corrected chi connectivity index (χ1v) is 8.42. The number of ether oxygens (including phenoxy) is 3. The Labute approximate surface area is 156 Å². The summed E-state index contributed by atoms with van der Waals surface area (Å²) in [6, 6.07) is 11.5. The number of esters is 1. The fourth-order valence-electron chi connectivity index (χ4n) is 2.85. The molecule has 0 aromatic heterocycles. The minimum Gasteiger partial charge on any atom is -0.496 e. The van der Waals surface area contributed by atoms with Crippen molar-refractivity contribution in [3.63, 3.8) is 0 Å². The van der Waals surface area contributed by atoms with Crippen LogP contribution >= 0.6 is 0 Å². The van der Waals surface area contributed by atoms with Crippen molar-refractivity contribution in [3.05, 3.63) is 53.6 Å². The predicted octanol–water partition coefficient (Wildman–Crippen LogP) is 2.69. The summed E-state index contributed by atoms with van der Waals surface area (Å²) in [5, 5.41) is 0. The molecule has 0 atom stereocenters. The summed E-state index contributed by atoms with van der Waals surface area (Å²) in [5.74, 6) is 0.174. The number of imide groups is 1. The smallest absolute Gasteiger partial charge is 0.311 e. The molecule has 7 nitrogen and oxygen atoms in total. The van der Waals surface area contributed by atoms with Crippen LogP contribution in [0, 0.1) is 0 Å². The molecule has 2 aromatic rings. The lowest BCUT2D eigenvalue weighted by molar-refractivity contribution is -0.134. The fourth-order valence-corrected chi connectivity index (χ4v) is 2.85. The van der Waals surface area contributed by atoms with E-state index in [-0.39, 0.29) is 24.8 Å². The first kappa shape index (κ1) is 18.4. The molecular formula is C20H19NO6. The van der Waals surface area contributed by atoms with Gasteiger partial charge in [0.05, 0.1) is 25.3 Å². The topological polar surface area (TPSA) is 82.1 Å². The van der Waals surface area contributed by atoms with Gasteiger partial charge in [-0.2, -0.15) is 0 Å². The number of hydrogen-bond acceptors (Lipinski definition) is 6. The van der Waals surface area contributed by atoms with Gasteiger partial charge in [-0.3, -0.25) is 19.3 Å². The maximum Gasteiger partial charge on any atom is 0.311 e. The standard InChI is InChI=1S/C20H19NO6/c1-25-13-10-14(26-2)12-15(11-13)27-18(22)8-5-9-21-19(23)16-6-3-4-7-17(16)20(21)24/h3-4,6-7,10-12H,5,8-9H2,1-2H3. The minimum atomic E-state index is -0.470. The lowest BCUT2D eigenvalue weighted by Gasteiger charge is -2.13. The number of hydrogen-bond donors (Lipinski definition) is 0. The lowest BCUT2D eigenvalue weighted by atomic mass is 10.1. The molecule has 0 aliphatic carbocycles. The van der Waals surface area contributed by atoms with Crippen molar-refractivity contribution in [2.75, 3.05) is 20.8 Å². The molecule has 0 spiro atoms. The van der Waals surface area contributed by atoms with Gasteiger partial charge in [-0.15, -0.1) is 0 Å². The van der Waals surface area contributed by atoms with Crippen molar-refractivity contribution in [2.24, 2.45) is 0 Å². The number of benzene rings is 2. The second-order valence-corrected chi connectivity index (χ2v) is 5.93. The highest BCUT2D eigenvalue weighted by molar-refractivity contribution is 6.21. The molecule has 0 N–H and O–H groups in total. The zero-order valence-electron chi connectivity index (χ0n) is 15.1. The second-order valence-electron chi connectivity index (χ2n) is 5.93. The maximum atomic E-state index is 12.3. The highest BCUT2D eigenvalue weighted by Gasteiger charge is 2.34. The largest absolute Gasteiger partial charge is 0.496 e. The number of carbonyl (C=O) groups excluding carboxylic acids is 3. The van der Waals surface area contributed by atoms with Crippen LogP contribution in [0.1, 0.15) is 33.6 Å². The highest BCUT2D eigenvalue weighted by Crippen LogP contribution is 2.28. The third-order valence-electron chi connectivity index (χ3n) is 4.20. The molecule has 0 radical (unpaired) electrons. The molecule has 1 aliphatic heterocycles. The molecule has 3 rings (SSSR count). The number of fused-ring (bicyclic) bond motifs is 1. The zero-order valence-corrected chi connectivity index (χ0v) is 15.1. The molecule has 2 aromatic carbocycles. The fraction of sp³-hybridized carbons (Fsp3) is 0.250. The molecule has 7 heteroatoms. The van der Waals surface area contributed by atoms with Crippen molar-refractivity contribution < 1.29 is 28.6 Å². The van der Waals surface area contributed by atoms with Crippen LogP contribution in [0.5, 0.6) is 17.2 Å². The minimum absolute atomic E-state index is 0.0624. The van der Waals surface area contributed by atoms with E-state index in [1.807, 2.05) is 0 Å². The van der Waals surface area contributed by atoms with Gasteiger partial charge in [-0.1, -0.05) is 12.1 Å². The summed E-state index contributed by atoms with van der Waals surface area (Å²) < 4.78 is 15.6. The Balaban J connectivity index is 1.55. The van der Waals surface area contributed by atoms with Crippen molar-refractivity contribution in [2.45, 2.75) is 12.8 Å². The summed E-state index contributed by atoms with van der Waals surface area (Å²) in [7, 11) is 3.00. The molecule has 0 saturated carbocycles. The summed E-state index contributed by atoms with van der Waals surface area (Å²) in [5.41, 5.74) is 0.794. The Kier molecular flexibility index (Phi) is 5.40. The highest BCUT2D eigenvalue weighted by atomic mass is 16.5. The van der Waals surface area contributed by atoms with Crippen LogP contribution in [0.2, 0.25) is 0 Å². The predicted molar refractivity (Wildman–Crippen MR) is 96.2 cm³/mol. The molecule has 0 bridgehead atoms. The van der Waals surface area contributed by atoms with E-state index in [4.69, 9.17) is 14.2 Å². The van der Waals surface area contributed by atoms with Gasteiger partial charge in [0.25, 0.3) is 11.8 Å². The number of rotatable bonds is 7. The van der Waals surface area contributed by atoms with Gasteiger partial charge in [0.2, 0.25) is 0 Å². The summed E-state index contributed by atoms with van der Waals surface area (Å²) >= 11 is 0. The van der Waals surface area contributed by atoms with Crippen LogP contribution in [0.15, 0.2) is 42.5 Å². The van der Waals surface area contributed by atoms with E-state index in [0.29, 0.717) is 34.8 Å². The Hall–Kier alpha value is -3.35. The van der Waals surface area contributed by atoms with Gasteiger partial charge in [-0.25, -0.2) is 0 Å². The Bertz CT molecular complexity index is 835. The SMILES string of the molecule is COc1cc(OC)cc(OC(=O)CCCN2C(=O)c3ccccc3C2=O)c1. The Morgan fingerprint density at radius 3 is 1.93 bits per heavy atom. The van der Waals surface area contributed by atoms with E-state index in [1.165, 1.54) is 14.2 Å². The van der Waals surface area contributed by atoms with Crippen molar-refractivity contribution in [1.82, 2.24) is 4.90 Å². The molecule has 1 aliphatic rings. The molecule has 140 valence electrons. The Morgan fingerprint density at radius 1 is 0.889 bits per heavy atom. The van der Waals surface area contributed by atoms with E-state index in [2.05, 4.69) is 0 Å². The van der Waals surface area contributed by atoms with E-state index in [0.717, 1.165) is 4.90 Å². The van der Waals surface area contributed by atoms with Gasteiger partial charge in [0.15, 0.2) is 0 Å². The van der Waals surface area contributed by atoms with E-state index in [1.54, 1.807) is 42.5 Å². The van der Waals surface area contributed by atoms with Crippen molar-refractivity contribution in [1.29, 1.82) is 0 Å². The maximum absolute atomic E-state index is 12.3. The van der Waals surface area contributed by atoms with Gasteiger partial charge in [0, 0.05) is 31.2 Å². The van der Waals surface area contributed by atoms with Crippen LogP contribution in [-0.2, 0) is 4.79 Å². The average Bonchev–Trinajstić information content (AvgIpc) is 2.92. The number of nitrogens with zero attached hydrogens (tertiary/aromatic N) is 1. The molecule has 0 fully saturated rings. The van der Waals surface area contributed by atoms with Gasteiger partial charge < -0.3 is 14.2 Å². The summed E-state index contributed by atoms with van der Waals surface area (Å²) in [4.78, 5) is 37.8. The number of carbonyl (C=O) groups is 3. The summed E-state index contributed by atoms with van der Waals surface area (Å²) in [6.45, 7) is 0.156. The first-order valence-electron chi connectivity index (χ1n) is 8.42. The van der Waals surface area contributed by atoms with Crippen molar-refractivity contribution >= 4 is 17.8 Å². The quantitative estimate of drug-likeness (QED) is 0.424. The van der Waals surface area contributed by atoms with E-state index in [9.17, 15) is 14.4 Å². The molecule has 0 saturated heterocycles. The lowest BCUT2D eigenvalue weighted by Crippen LogP contribution is -2.31. The first-order chi connectivity index (χ1) is 13.0. The van der Waals surface area contributed by atoms with Crippen LogP contribution in [0.4, 0.5) is 0 Å². The molecule has 2 amide bonds. The van der Waals surface area contributed by atoms with Crippen LogP contribution in [-0.4, -0.2) is 43.4 Å². The van der Waals surface area contributed by atoms with Gasteiger partial charge >= 0.3 is 5.97 Å². The number of methoxy groups -OCH3 is 2. The molecule has 27 heavy (non-hydrogen) atoms. The van der Waals surface area contributed by atoms with Crippen LogP contribution in [0.25, 0.3) is 0 Å². The third kappa shape index (κ3) is 3.92. The van der Waals surface area contributed by atoms with Gasteiger partial charge in [-0.05, 0) is 18.6 Å². The van der Waals surface area contributed by atoms with Crippen LogP contribution in [0.3, 0.4) is 0 Å². The second kappa shape index (κ2) is 7.90. The van der Waals surface area contributed by atoms with Crippen molar-refractivity contribution in [3.8, 4) is 17.2 Å². The number of amides is 2. The van der Waals surface area contributed by atoms with Gasteiger partial charge in [0.1, 0.15) is 17.2 Å². The third-order valence-corrected chi connectivity index (χ3v) is 4.20. The molecular weight excluding hydrogens is 350 g/mol. The van der Waals surface area contributed by atoms with E-state index >= 15 is 0 Å². The summed E-state index contributed by atoms with van der Waals surface area (Å²) in [6.07, 6.45) is 0.373. The molecule has 1 heterocycles.